The van der Waals surface area contributed by atoms with E-state index in [1.807, 2.05) is 6.07 Å². The van der Waals surface area contributed by atoms with Crippen molar-refractivity contribution < 1.29 is 4.39 Å². The molecule has 3 rings (SSSR count). The van der Waals surface area contributed by atoms with E-state index >= 15 is 0 Å². The van der Waals surface area contributed by atoms with Crippen molar-refractivity contribution in [1.29, 1.82) is 0 Å². The number of nitrogens with one attached hydrogen (secondary N) is 1. The summed E-state index contributed by atoms with van der Waals surface area (Å²) in [5.74, 6) is 0.364. The average Bonchev–Trinajstić information content (AvgIpc) is 2.21. The number of halogens is 1. The third-order valence-electron chi connectivity index (χ3n) is 3.37. The van der Waals surface area contributed by atoms with Crippen LogP contribution >= 0.6 is 0 Å². The van der Waals surface area contributed by atoms with Crippen LogP contribution in [0.2, 0.25) is 0 Å². The number of hydrogen-bond donors (Lipinski definition) is 1. The first-order valence-corrected chi connectivity index (χ1v) is 5.40. The molecule has 1 saturated heterocycles. The standard InChI is InChI=1S/C12H13FN2/c13-11-5-4-8(6-14-11)10-3-1-2-9-7-15-12(9)10/h3-6,9,12,15H,1-2,7H2/t9-,12+/m1/s1. The van der Waals surface area contributed by atoms with E-state index in [1.165, 1.54) is 18.1 Å². The molecule has 0 unspecified atom stereocenters. The molecule has 1 aliphatic heterocycles. The number of rotatable bonds is 1. The number of aromatic nitrogens is 1. The predicted octanol–water partition coefficient (Wildman–Crippen LogP) is 1.99. The molecule has 2 atom stereocenters. The Bertz CT molecular complexity index is 397. The lowest BCUT2D eigenvalue weighted by molar-refractivity contribution is 0.262. The number of hydrogen-bond acceptors (Lipinski definition) is 2. The minimum atomic E-state index is -0.409. The summed E-state index contributed by atoms with van der Waals surface area (Å²) in [4.78, 5) is 3.70. The lowest BCUT2D eigenvalue weighted by Crippen LogP contribution is -2.54. The maximum Gasteiger partial charge on any atom is 0.212 e. The second-order valence-corrected chi connectivity index (χ2v) is 4.25. The molecule has 1 aromatic heterocycles. The van der Waals surface area contributed by atoms with E-state index in [2.05, 4.69) is 16.4 Å². The van der Waals surface area contributed by atoms with Gasteiger partial charge in [0.25, 0.3) is 0 Å². The van der Waals surface area contributed by atoms with Gasteiger partial charge in [0.05, 0.1) is 0 Å². The van der Waals surface area contributed by atoms with E-state index in [0.29, 0.717) is 6.04 Å². The van der Waals surface area contributed by atoms with Gasteiger partial charge in [-0.2, -0.15) is 4.39 Å². The molecule has 0 spiro atoms. The Hall–Kier alpha value is -1.22. The van der Waals surface area contributed by atoms with Gasteiger partial charge in [-0.25, -0.2) is 4.98 Å². The molecule has 2 heterocycles. The topological polar surface area (TPSA) is 24.9 Å². The number of allylic oxidation sites excluding steroid dienone is 1. The molecule has 1 fully saturated rings. The Morgan fingerprint density at radius 1 is 1.40 bits per heavy atom. The Morgan fingerprint density at radius 3 is 3.00 bits per heavy atom. The largest absolute Gasteiger partial charge is 0.309 e. The lowest BCUT2D eigenvalue weighted by atomic mass is 9.76. The van der Waals surface area contributed by atoms with Crippen LogP contribution in [0.3, 0.4) is 0 Å². The van der Waals surface area contributed by atoms with Crippen molar-refractivity contribution in [3.05, 3.63) is 35.9 Å². The van der Waals surface area contributed by atoms with Crippen LogP contribution in [0.4, 0.5) is 4.39 Å². The molecule has 1 aromatic rings. The fourth-order valence-electron chi connectivity index (χ4n) is 2.46. The van der Waals surface area contributed by atoms with Crippen molar-refractivity contribution in [3.8, 4) is 0 Å². The molecule has 0 amide bonds. The monoisotopic (exact) mass is 204 g/mol. The predicted molar refractivity (Wildman–Crippen MR) is 56.7 cm³/mol. The van der Waals surface area contributed by atoms with Crippen LogP contribution in [0.1, 0.15) is 18.4 Å². The van der Waals surface area contributed by atoms with Crippen molar-refractivity contribution in [3.63, 3.8) is 0 Å². The van der Waals surface area contributed by atoms with Crippen molar-refractivity contribution in [2.75, 3.05) is 6.54 Å². The molecule has 1 N–H and O–H groups in total. The third-order valence-corrected chi connectivity index (χ3v) is 3.37. The van der Waals surface area contributed by atoms with E-state index < -0.39 is 5.95 Å². The average molecular weight is 204 g/mol. The van der Waals surface area contributed by atoms with E-state index in [9.17, 15) is 4.39 Å². The van der Waals surface area contributed by atoms with Gasteiger partial charge < -0.3 is 5.32 Å². The van der Waals surface area contributed by atoms with E-state index in [-0.39, 0.29) is 0 Å². The zero-order valence-electron chi connectivity index (χ0n) is 8.41. The Kier molecular flexibility index (Phi) is 2.06. The second kappa shape index (κ2) is 3.42. The van der Waals surface area contributed by atoms with Crippen molar-refractivity contribution in [2.24, 2.45) is 5.92 Å². The molecule has 0 radical (unpaired) electrons. The van der Waals surface area contributed by atoms with Gasteiger partial charge >= 0.3 is 0 Å². The molecule has 0 aromatic carbocycles. The number of nitrogens with zero attached hydrogens (tertiary/aromatic N) is 1. The second-order valence-electron chi connectivity index (χ2n) is 4.25. The zero-order valence-corrected chi connectivity index (χ0v) is 8.41. The minimum Gasteiger partial charge on any atom is -0.309 e. The van der Waals surface area contributed by atoms with E-state index in [4.69, 9.17) is 0 Å². The third kappa shape index (κ3) is 1.47. The Balaban J connectivity index is 1.92. The molecule has 78 valence electrons. The summed E-state index contributed by atoms with van der Waals surface area (Å²) in [6, 6.07) is 3.72. The van der Waals surface area contributed by atoms with Gasteiger partial charge in [-0.1, -0.05) is 6.08 Å². The summed E-state index contributed by atoms with van der Waals surface area (Å²) < 4.78 is 12.7. The van der Waals surface area contributed by atoms with Crippen molar-refractivity contribution in [2.45, 2.75) is 18.9 Å². The lowest BCUT2D eigenvalue weighted by Gasteiger charge is -2.42. The van der Waals surface area contributed by atoms with Crippen LogP contribution in [0.25, 0.3) is 5.57 Å². The SMILES string of the molecule is Fc1ccc(C2=CCC[C@@H]3CN[C@H]23)cn1. The smallest absolute Gasteiger partial charge is 0.212 e. The summed E-state index contributed by atoms with van der Waals surface area (Å²) in [5.41, 5.74) is 2.35. The fraction of sp³-hybridized carbons (Fsp3) is 0.417. The molecule has 15 heavy (non-hydrogen) atoms. The normalized spacial score (nSPS) is 29.0. The van der Waals surface area contributed by atoms with Gasteiger partial charge in [0.2, 0.25) is 5.95 Å². The van der Waals surface area contributed by atoms with E-state index in [1.54, 1.807) is 6.20 Å². The molecule has 2 nitrogen and oxygen atoms in total. The van der Waals surface area contributed by atoms with Gasteiger partial charge in [0, 0.05) is 18.8 Å². The van der Waals surface area contributed by atoms with Crippen LogP contribution in [0, 0.1) is 11.9 Å². The first-order chi connectivity index (χ1) is 7.34. The van der Waals surface area contributed by atoms with Gasteiger partial charge in [-0.05, 0) is 42.0 Å². The van der Waals surface area contributed by atoms with Crippen LogP contribution < -0.4 is 5.32 Å². The Labute approximate surface area is 88.2 Å². The molecule has 2 aliphatic rings. The highest BCUT2D eigenvalue weighted by Crippen LogP contribution is 2.35. The summed E-state index contributed by atoms with van der Waals surface area (Å²) in [6.45, 7) is 1.12. The highest BCUT2D eigenvalue weighted by molar-refractivity contribution is 5.71. The van der Waals surface area contributed by atoms with Gasteiger partial charge in [0.1, 0.15) is 0 Å². The Morgan fingerprint density at radius 2 is 2.33 bits per heavy atom. The van der Waals surface area contributed by atoms with Crippen molar-refractivity contribution in [1.82, 2.24) is 10.3 Å². The van der Waals surface area contributed by atoms with Crippen LogP contribution in [-0.4, -0.2) is 17.6 Å². The molecule has 1 aliphatic carbocycles. The van der Waals surface area contributed by atoms with Crippen LogP contribution in [0.15, 0.2) is 24.4 Å². The summed E-state index contributed by atoms with van der Waals surface area (Å²) in [7, 11) is 0. The highest BCUT2D eigenvalue weighted by Gasteiger charge is 2.35. The summed E-state index contributed by atoms with van der Waals surface area (Å²) >= 11 is 0. The first-order valence-electron chi connectivity index (χ1n) is 5.40. The van der Waals surface area contributed by atoms with Gasteiger partial charge in [0.15, 0.2) is 0 Å². The van der Waals surface area contributed by atoms with Crippen molar-refractivity contribution >= 4 is 5.57 Å². The van der Waals surface area contributed by atoms with Gasteiger partial charge in [-0.3, -0.25) is 0 Å². The zero-order chi connectivity index (χ0) is 10.3. The molecular formula is C12H13FN2. The minimum absolute atomic E-state index is 0.409. The molecular weight excluding hydrogens is 191 g/mol. The molecule has 0 saturated carbocycles. The fourth-order valence-corrected chi connectivity index (χ4v) is 2.46. The quantitative estimate of drug-likeness (QED) is 0.707. The van der Waals surface area contributed by atoms with Gasteiger partial charge in [-0.15, -0.1) is 0 Å². The number of fused-ring (bicyclic) bond motifs is 1. The summed E-state index contributed by atoms with van der Waals surface area (Å²) in [5, 5.41) is 3.42. The van der Waals surface area contributed by atoms with E-state index in [0.717, 1.165) is 24.4 Å². The maximum absolute atomic E-state index is 12.7. The first kappa shape index (κ1) is 9.04. The highest BCUT2D eigenvalue weighted by atomic mass is 19.1. The number of pyridine rings is 1. The summed E-state index contributed by atoms with van der Waals surface area (Å²) in [6.07, 6.45) is 6.29. The van der Waals surface area contributed by atoms with Crippen LogP contribution in [-0.2, 0) is 0 Å². The molecule has 0 bridgehead atoms. The maximum atomic E-state index is 12.7. The molecule has 3 heteroatoms. The van der Waals surface area contributed by atoms with Crippen LogP contribution in [0.5, 0.6) is 0 Å².